The molecular weight excluding hydrogens is 129 g/mol. The zero-order chi connectivity index (χ0) is 5.11. The van der Waals surface area contributed by atoms with Gasteiger partial charge in [0.2, 0.25) is 0 Å². The van der Waals surface area contributed by atoms with E-state index in [1.807, 2.05) is 18.2 Å². The summed E-state index contributed by atoms with van der Waals surface area (Å²) in [5.41, 5.74) is 1.32. The van der Waals surface area contributed by atoms with Crippen LogP contribution >= 0.6 is 0 Å². The molecule has 0 aliphatic rings. The third-order valence-electron chi connectivity index (χ3n) is 0.940. The quantitative estimate of drug-likeness (QED) is 0.437. The number of hydrogen-bond acceptors (Lipinski definition) is 1. The van der Waals surface area contributed by atoms with Crippen LogP contribution in [0.4, 0.5) is 0 Å². The molecule has 0 saturated heterocycles. The van der Waals surface area contributed by atoms with E-state index in [4.69, 9.17) is 0 Å². The van der Waals surface area contributed by atoms with Crippen LogP contribution in [0.2, 0.25) is 0 Å². The van der Waals surface area contributed by atoms with Gasteiger partial charge in [-0.25, -0.2) is 0 Å². The van der Waals surface area contributed by atoms with Crippen molar-refractivity contribution in [3.05, 3.63) is 30.3 Å². The van der Waals surface area contributed by atoms with E-state index in [1.54, 1.807) is 0 Å². The molecule has 1 aromatic carbocycles. The van der Waals surface area contributed by atoms with Crippen molar-refractivity contribution in [2.75, 3.05) is 0 Å². The third kappa shape index (κ3) is 5.30. The van der Waals surface area contributed by atoms with Crippen LogP contribution in [0.1, 0.15) is 0 Å². The minimum atomic E-state index is 0. The summed E-state index contributed by atoms with van der Waals surface area (Å²) in [5, 5.41) is 0. The second-order valence-electron chi connectivity index (χ2n) is 1.65. The van der Waals surface area contributed by atoms with Crippen molar-refractivity contribution in [3.8, 4) is 0 Å². The first-order chi connectivity index (χ1) is 3.39. The van der Waals surface area contributed by atoms with E-state index >= 15 is 0 Å². The first kappa shape index (κ1) is 16.1. The first-order valence-electron chi connectivity index (χ1n) is 2.41. The highest BCUT2D eigenvalue weighted by molar-refractivity contribution is 6.32. The predicted octanol–water partition coefficient (Wildman–Crippen LogP) is -1.54. The Morgan fingerprint density at radius 2 is 1.30 bits per heavy atom. The van der Waals surface area contributed by atoms with E-state index in [0.29, 0.717) is 0 Å². The maximum absolute atomic E-state index is 2.08. The summed E-state index contributed by atoms with van der Waals surface area (Å²) in [7, 11) is 2.08. The summed E-state index contributed by atoms with van der Waals surface area (Å²) < 4.78 is 0. The van der Waals surface area contributed by atoms with Gasteiger partial charge in [-0.15, -0.1) is 0 Å². The summed E-state index contributed by atoms with van der Waals surface area (Å²) in [6, 6.07) is 10.3. The number of hydrogen-bond donors (Lipinski definition) is 1. The average Bonchev–Trinajstić information content (AvgIpc) is 1.69. The molecule has 0 saturated carbocycles. The van der Waals surface area contributed by atoms with Gasteiger partial charge in [-0.2, -0.15) is 0 Å². The van der Waals surface area contributed by atoms with E-state index in [0.717, 1.165) is 0 Å². The predicted molar refractivity (Wildman–Crippen MR) is 46.9 cm³/mol. The van der Waals surface area contributed by atoms with Gasteiger partial charge in [-0.05, 0) is 0 Å². The number of benzene rings is 1. The Balaban J connectivity index is -0.000000163. The molecule has 0 heterocycles. The van der Waals surface area contributed by atoms with Crippen molar-refractivity contribution >= 4 is 13.3 Å². The van der Waals surface area contributed by atoms with Crippen molar-refractivity contribution in [2.24, 2.45) is 0 Å². The summed E-state index contributed by atoms with van der Waals surface area (Å²) >= 11 is 0. The molecule has 1 aromatic rings. The Hall–Kier alpha value is -0.835. The first-order valence-corrected chi connectivity index (χ1v) is 2.41. The highest BCUT2D eigenvalue weighted by Crippen LogP contribution is 1.76. The second kappa shape index (κ2) is 8.16. The topological polar surface area (TPSA) is 98.0 Å². The molecule has 10 heavy (non-hydrogen) atoms. The molecule has 0 unspecified atom stereocenters. The lowest BCUT2D eigenvalue weighted by molar-refractivity contribution is 0.823. The fraction of sp³-hybridized carbons (Fsp3) is 0. The van der Waals surface area contributed by atoms with Gasteiger partial charge in [0.25, 0.3) is 0 Å². The van der Waals surface area contributed by atoms with E-state index in [-0.39, 0.29) is 17.1 Å². The SMILES string of the molecule is Bc1ccccc1.N.O.O. The van der Waals surface area contributed by atoms with E-state index < -0.39 is 0 Å². The molecule has 0 fully saturated rings. The minimum Gasteiger partial charge on any atom is -0.412 e. The molecule has 0 spiro atoms. The molecule has 4 heteroatoms. The molecule has 58 valence electrons. The summed E-state index contributed by atoms with van der Waals surface area (Å²) in [6.07, 6.45) is 0. The van der Waals surface area contributed by atoms with Crippen LogP contribution in [0.15, 0.2) is 30.3 Å². The Labute approximate surface area is 61.7 Å². The minimum absolute atomic E-state index is 0. The summed E-state index contributed by atoms with van der Waals surface area (Å²) in [6.45, 7) is 0. The maximum Gasteiger partial charge on any atom is 0.139 e. The number of rotatable bonds is 0. The molecule has 0 radical (unpaired) electrons. The zero-order valence-corrected chi connectivity index (χ0v) is 6.09. The van der Waals surface area contributed by atoms with Gasteiger partial charge in [-0.3, -0.25) is 0 Å². The zero-order valence-electron chi connectivity index (χ0n) is 6.09. The van der Waals surface area contributed by atoms with Crippen LogP contribution in [-0.2, 0) is 0 Å². The standard InChI is InChI=1S/C6H7B.H3N.2H2O/c7-6-4-2-1-3-5-6;;;/h1-5H,7H2;1H3;2*1H2. The fourth-order valence-electron chi connectivity index (χ4n) is 0.534. The highest BCUT2D eigenvalue weighted by atomic mass is 16.0. The molecule has 3 nitrogen and oxygen atoms in total. The van der Waals surface area contributed by atoms with Crippen LogP contribution < -0.4 is 11.6 Å². The van der Waals surface area contributed by atoms with Crippen molar-refractivity contribution in [2.45, 2.75) is 0 Å². The molecule has 0 amide bonds. The van der Waals surface area contributed by atoms with Crippen molar-refractivity contribution in [1.82, 2.24) is 6.15 Å². The smallest absolute Gasteiger partial charge is 0.139 e. The lowest BCUT2D eigenvalue weighted by Gasteiger charge is -1.82. The molecule has 1 rings (SSSR count). The van der Waals surface area contributed by atoms with Crippen LogP contribution in [0, 0.1) is 0 Å². The van der Waals surface area contributed by atoms with Crippen molar-refractivity contribution in [1.29, 1.82) is 0 Å². The lowest BCUT2D eigenvalue weighted by atomic mass is 9.97. The maximum atomic E-state index is 2.08. The Morgan fingerprint density at radius 3 is 1.50 bits per heavy atom. The Kier molecular flexibility index (Phi) is 13.1. The summed E-state index contributed by atoms with van der Waals surface area (Å²) in [4.78, 5) is 0. The van der Waals surface area contributed by atoms with Gasteiger partial charge >= 0.3 is 0 Å². The van der Waals surface area contributed by atoms with Gasteiger partial charge in [0.05, 0.1) is 0 Å². The van der Waals surface area contributed by atoms with Crippen LogP contribution in [-0.4, -0.2) is 18.8 Å². The molecule has 0 bridgehead atoms. The molecule has 0 aliphatic heterocycles. The molecule has 0 atom stereocenters. The van der Waals surface area contributed by atoms with Gasteiger partial charge < -0.3 is 17.1 Å². The Bertz CT molecular complexity index is 146. The van der Waals surface area contributed by atoms with Gasteiger partial charge in [0.1, 0.15) is 7.85 Å². The average molecular weight is 143 g/mol. The highest BCUT2D eigenvalue weighted by Gasteiger charge is 1.72. The second-order valence-corrected chi connectivity index (χ2v) is 1.65. The van der Waals surface area contributed by atoms with Crippen LogP contribution in [0.25, 0.3) is 0 Å². The molecular formula is C6H14BNO2. The normalized spacial score (nSPS) is 6.00. The third-order valence-corrected chi connectivity index (χ3v) is 0.940. The van der Waals surface area contributed by atoms with Crippen LogP contribution in [0.3, 0.4) is 0 Å². The largest absolute Gasteiger partial charge is 0.412 e. The van der Waals surface area contributed by atoms with E-state index in [9.17, 15) is 0 Å². The lowest BCUT2D eigenvalue weighted by Crippen LogP contribution is -1.97. The fourth-order valence-corrected chi connectivity index (χ4v) is 0.534. The molecule has 0 aliphatic carbocycles. The monoisotopic (exact) mass is 143 g/mol. The van der Waals surface area contributed by atoms with E-state index in [2.05, 4.69) is 20.0 Å². The van der Waals surface area contributed by atoms with Gasteiger partial charge in [-0.1, -0.05) is 35.8 Å². The van der Waals surface area contributed by atoms with Gasteiger partial charge in [0, 0.05) is 0 Å². The molecule has 7 N–H and O–H groups in total. The Morgan fingerprint density at radius 1 is 0.900 bits per heavy atom. The van der Waals surface area contributed by atoms with Crippen molar-refractivity contribution in [3.63, 3.8) is 0 Å². The molecule has 0 aromatic heterocycles. The van der Waals surface area contributed by atoms with Crippen molar-refractivity contribution < 1.29 is 11.0 Å². The van der Waals surface area contributed by atoms with Crippen LogP contribution in [0.5, 0.6) is 0 Å². The summed E-state index contributed by atoms with van der Waals surface area (Å²) in [5.74, 6) is 0. The van der Waals surface area contributed by atoms with Gasteiger partial charge in [0.15, 0.2) is 0 Å². The van der Waals surface area contributed by atoms with E-state index in [1.165, 1.54) is 5.46 Å².